The van der Waals surface area contributed by atoms with Crippen LogP contribution in [0.3, 0.4) is 0 Å². The Morgan fingerprint density at radius 2 is 2.50 bits per heavy atom. The zero-order valence-electron chi connectivity index (χ0n) is 10.8. The van der Waals surface area contributed by atoms with Crippen molar-refractivity contribution in [2.45, 2.75) is 32.4 Å². The summed E-state index contributed by atoms with van der Waals surface area (Å²) in [5.74, 6) is 0.748. The molecule has 0 unspecified atom stereocenters. The Morgan fingerprint density at radius 1 is 1.67 bits per heavy atom. The maximum atomic E-state index is 11.8. The first kappa shape index (κ1) is 12.9. The van der Waals surface area contributed by atoms with Crippen LogP contribution in [0.1, 0.15) is 24.3 Å². The molecule has 2 rings (SSSR count). The van der Waals surface area contributed by atoms with Crippen molar-refractivity contribution in [3.8, 4) is 0 Å². The molecule has 1 fully saturated rings. The first-order chi connectivity index (χ1) is 8.65. The van der Waals surface area contributed by atoms with Crippen molar-refractivity contribution in [1.82, 2.24) is 15.4 Å². The fourth-order valence-electron chi connectivity index (χ4n) is 1.95. The van der Waals surface area contributed by atoms with E-state index in [9.17, 15) is 4.79 Å². The fourth-order valence-corrected chi connectivity index (χ4v) is 1.95. The average Bonchev–Trinajstić information content (AvgIpc) is 2.97. The Morgan fingerprint density at radius 3 is 3.11 bits per heavy atom. The molecule has 1 aromatic heterocycles. The van der Waals surface area contributed by atoms with Gasteiger partial charge in [0.15, 0.2) is 0 Å². The molecule has 18 heavy (non-hydrogen) atoms. The Kier molecular flexibility index (Phi) is 4.19. The lowest BCUT2D eigenvalue weighted by molar-refractivity contribution is 0.109. The number of amides is 2. The highest BCUT2D eigenvalue weighted by atomic mass is 16.5. The molecule has 0 aromatic carbocycles. The van der Waals surface area contributed by atoms with Gasteiger partial charge in [0.1, 0.15) is 11.5 Å². The molecule has 0 aliphatic carbocycles. The van der Waals surface area contributed by atoms with Crippen LogP contribution >= 0.6 is 0 Å². The zero-order valence-corrected chi connectivity index (χ0v) is 10.8. The molecule has 6 nitrogen and oxygen atoms in total. The van der Waals surface area contributed by atoms with Crippen molar-refractivity contribution in [2.24, 2.45) is 0 Å². The van der Waals surface area contributed by atoms with Crippen molar-refractivity contribution in [3.05, 3.63) is 17.5 Å². The lowest BCUT2D eigenvalue weighted by atomic mass is 10.2. The summed E-state index contributed by atoms with van der Waals surface area (Å²) < 4.78 is 10.4. The summed E-state index contributed by atoms with van der Waals surface area (Å²) in [5, 5.41) is 6.71. The number of carbonyl (C=O) groups is 1. The third kappa shape index (κ3) is 3.46. The van der Waals surface area contributed by atoms with Crippen LogP contribution in [0.4, 0.5) is 4.79 Å². The minimum absolute atomic E-state index is 0.119. The third-order valence-electron chi connectivity index (χ3n) is 2.93. The second kappa shape index (κ2) is 5.86. The van der Waals surface area contributed by atoms with Gasteiger partial charge in [-0.15, -0.1) is 0 Å². The second-order valence-electron chi connectivity index (χ2n) is 4.61. The lowest BCUT2D eigenvalue weighted by Crippen LogP contribution is -2.40. The quantitative estimate of drug-likeness (QED) is 0.878. The number of nitrogens with one attached hydrogen (secondary N) is 1. The first-order valence-electron chi connectivity index (χ1n) is 6.18. The highest BCUT2D eigenvalue weighted by molar-refractivity contribution is 5.73. The molecule has 2 heterocycles. The number of hydrogen-bond donors (Lipinski definition) is 1. The average molecular weight is 253 g/mol. The zero-order chi connectivity index (χ0) is 13.0. The summed E-state index contributed by atoms with van der Waals surface area (Å²) in [6, 6.07) is 1.70. The van der Waals surface area contributed by atoms with E-state index < -0.39 is 0 Å². The fraction of sp³-hybridized carbons (Fsp3) is 0.667. The number of carbonyl (C=O) groups excluding carboxylic acids is 1. The van der Waals surface area contributed by atoms with Crippen LogP contribution in [0.5, 0.6) is 0 Å². The summed E-state index contributed by atoms with van der Waals surface area (Å²) >= 11 is 0. The SMILES string of the molecule is Cc1cc(CN(C)C(=O)NC[C@@H]2CCCO2)no1. The molecule has 6 heteroatoms. The molecular formula is C12H19N3O3. The maximum absolute atomic E-state index is 11.8. The highest BCUT2D eigenvalue weighted by Gasteiger charge is 2.17. The number of urea groups is 1. The monoisotopic (exact) mass is 253 g/mol. The topological polar surface area (TPSA) is 67.6 Å². The van der Waals surface area contributed by atoms with Gasteiger partial charge in [-0.3, -0.25) is 0 Å². The van der Waals surface area contributed by atoms with Crippen molar-refractivity contribution in [1.29, 1.82) is 0 Å². The minimum Gasteiger partial charge on any atom is -0.376 e. The van der Waals surface area contributed by atoms with Gasteiger partial charge in [-0.25, -0.2) is 4.79 Å². The van der Waals surface area contributed by atoms with E-state index in [0.29, 0.717) is 13.1 Å². The van der Waals surface area contributed by atoms with Crippen LogP contribution in [0.25, 0.3) is 0 Å². The van der Waals surface area contributed by atoms with Crippen LogP contribution in [0.2, 0.25) is 0 Å². The van der Waals surface area contributed by atoms with Crippen LogP contribution in [-0.4, -0.2) is 42.4 Å². The van der Waals surface area contributed by atoms with E-state index in [4.69, 9.17) is 9.26 Å². The van der Waals surface area contributed by atoms with Crippen LogP contribution < -0.4 is 5.32 Å². The van der Waals surface area contributed by atoms with Gasteiger partial charge in [0, 0.05) is 26.3 Å². The maximum Gasteiger partial charge on any atom is 0.317 e. The number of hydrogen-bond acceptors (Lipinski definition) is 4. The van der Waals surface area contributed by atoms with Crippen molar-refractivity contribution < 1.29 is 14.1 Å². The Hall–Kier alpha value is -1.56. The smallest absolute Gasteiger partial charge is 0.317 e. The Labute approximate surface area is 106 Å². The van der Waals surface area contributed by atoms with E-state index in [1.165, 1.54) is 0 Å². The van der Waals surface area contributed by atoms with E-state index in [0.717, 1.165) is 30.9 Å². The van der Waals surface area contributed by atoms with Gasteiger partial charge >= 0.3 is 6.03 Å². The molecule has 1 atom stereocenters. The molecular weight excluding hydrogens is 234 g/mol. The summed E-state index contributed by atoms with van der Waals surface area (Å²) in [6.07, 6.45) is 2.26. The Bertz CT molecular complexity index is 399. The third-order valence-corrected chi connectivity index (χ3v) is 2.93. The molecule has 1 aliphatic rings. The molecule has 0 saturated carbocycles. The summed E-state index contributed by atoms with van der Waals surface area (Å²) in [4.78, 5) is 13.4. The van der Waals surface area contributed by atoms with Crippen molar-refractivity contribution in [3.63, 3.8) is 0 Å². The highest BCUT2D eigenvalue weighted by Crippen LogP contribution is 2.10. The standard InChI is InChI=1S/C12H19N3O3/c1-9-6-10(14-18-9)8-15(2)12(16)13-7-11-4-3-5-17-11/h6,11H,3-5,7-8H2,1-2H3,(H,13,16)/t11-/m0/s1. The van der Waals surface area contributed by atoms with Crippen LogP contribution in [-0.2, 0) is 11.3 Å². The predicted molar refractivity (Wildman–Crippen MR) is 65.1 cm³/mol. The van der Waals surface area contributed by atoms with Gasteiger partial charge in [0.25, 0.3) is 0 Å². The van der Waals surface area contributed by atoms with E-state index in [1.54, 1.807) is 11.9 Å². The molecule has 1 N–H and O–H groups in total. The van der Waals surface area contributed by atoms with E-state index in [2.05, 4.69) is 10.5 Å². The lowest BCUT2D eigenvalue weighted by Gasteiger charge is -2.18. The number of ether oxygens (including phenoxy) is 1. The van der Waals surface area contributed by atoms with Gasteiger partial charge in [0.05, 0.1) is 12.6 Å². The number of rotatable bonds is 4. The number of aromatic nitrogens is 1. The molecule has 2 amide bonds. The largest absolute Gasteiger partial charge is 0.376 e. The summed E-state index contributed by atoms with van der Waals surface area (Å²) in [7, 11) is 1.73. The van der Waals surface area contributed by atoms with Crippen LogP contribution in [0.15, 0.2) is 10.6 Å². The van der Waals surface area contributed by atoms with E-state index in [1.807, 2.05) is 13.0 Å². The van der Waals surface area contributed by atoms with Gasteiger partial charge in [0.2, 0.25) is 0 Å². The van der Waals surface area contributed by atoms with Gasteiger partial charge < -0.3 is 19.5 Å². The normalized spacial score (nSPS) is 18.9. The Balaban J connectivity index is 1.74. The first-order valence-corrected chi connectivity index (χ1v) is 6.18. The molecule has 100 valence electrons. The van der Waals surface area contributed by atoms with Crippen molar-refractivity contribution >= 4 is 6.03 Å². The second-order valence-corrected chi connectivity index (χ2v) is 4.61. The molecule has 0 spiro atoms. The molecule has 1 aliphatic heterocycles. The minimum atomic E-state index is -0.119. The van der Waals surface area contributed by atoms with Crippen molar-refractivity contribution in [2.75, 3.05) is 20.2 Å². The molecule has 1 aromatic rings. The molecule has 1 saturated heterocycles. The van der Waals surface area contributed by atoms with Gasteiger partial charge in [-0.1, -0.05) is 5.16 Å². The van der Waals surface area contributed by atoms with Crippen LogP contribution in [0, 0.1) is 6.92 Å². The number of nitrogens with zero attached hydrogens (tertiary/aromatic N) is 2. The van der Waals surface area contributed by atoms with E-state index >= 15 is 0 Å². The molecule has 0 radical (unpaired) electrons. The summed E-state index contributed by atoms with van der Waals surface area (Å²) in [6.45, 7) is 3.64. The van der Waals surface area contributed by atoms with Gasteiger partial charge in [-0.05, 0) is 19.8 Å². The number of aryl methyl sites for hydroxylation is 1. The van der Waals surface area contributed by atoms with E-state index in [-0.39, 0.29) is 12.1 Å². The summed E-state index contributed by atoms with van der Waals surface area (Å²) in [5.41, 5.74) is 0.752. The van der Waals surface area contributed by atoms with Gasteiger partial charge in [-0.2, -0.15) is 0 Å². The predicted octanol–water partition coefficient (Wildman–Crippen LogP) is 1.30. The molecule has 0 bridgehead atoms.